The molecule has 0 aliphatic rings. The van der Waals surface area contributed by atoms with Crippen molar-refractivity contribution in [3.05, 3.63) is 71.2 Å². The van der Waals surface area contributed by atoms with E-state index in [1.165, 1.54) is 0 Å². The minimum Gasteiger partial charge on any atom is -0.477 e. The number of ether oxygens (including phenoxy) is 1. The summed E-state index contributed by atoms with van der Waals surface area (Å²) >= 11 is 1.15. The Morgan fingerprint density at radius 3 is 2.65 bits per heavy atom. The Hall–Kier alpha value is -2.91. The molecule has 0 saturated heterocycles. The van der Waals surface area contributed by atoms with E-state index in [-0.39, 0.29) is 16.5 Å². The van der Waals surface area contributed by atoms with Crippen LogP contribution in [-0.2, 0) is 27.8 Å². The standard InChI is InChI=1S/C22H25N3O4S2/c1-2-3-13-29-22-18(6-4-12-23-22)16-24-20(26)15-17-8-10-19(11-9-17)25-31(27,28)21-7-5-14-30-21/h4-12,14,25H,2-3,13,15-16H2,1H3,(H,24,26). The highest BCUT2D eigenvalue weighted by molar-refractivity contribution is 7.94. The third kappa shape index (κ3) is 6.80. The van der Waals surface area contributed by atoms with Crippen molar-refractivity contribution in [2.24, 2.45) is 0 Å². The van der Waals surface area contributed by atoms with Crippen molar-refractivity contribution in [3.8, 4) is 5.88 Å². The maximum Gasteiger partial charge on any atom is 0.271 e. The molecular formula is C22H25N3O4S2. The van der Waals surface area contributed by atoms with Crippen molar-refractivity contribution in [1.82, 2.24) is 10.3 Å². The van der Waals surface area contributed by atoms with Gasteiger partial charge in [-0.2, -0.15) is 0 Å². The molecule has 0 spiro atoms. The summed E-state index contributed by atoms with van der Waals surface area (Å²) < 4.78 is 33.0. The van der Waals surface area contributed by atoms with Crippen LogP contribution < -0.4 is 14.8 Å². The number of nitrogens with one attached hydrogen (secondary N) is 2. The predicted octanol–water partition coefficient (Wildman–Crippen LogP) is 3.98. The van der Waals surface area contributed by atoms with E-state index in [0.717, 1.165) is 35.3 Å². The first-order chi connectivity index (χ1) is 15.0. The van der Waals surface area contributed by atoms with Crippen molar-refractivity contribution >= 4 is 33.0 Å². The topological polar surface area (TPSA) is 97.4 Å². The number of aromatic nitrogens is 1. The lowest BCUT2D eigenvalue weighted by Crippen LogP contribution is -2.25. The van der Waals surface area contributed by atoms with Gasteiger partial charge in [0.1, 0.15) is 4.21 Å². The molecule has 3 rings (SSSR count). The molecule has 1 aromatic carbocycles. The van der Waals surface area contributed by atoms with Gasteiger partial charge >= 0.3 is 0 Å². The van der Waals surface area contributed by atoms with Crippen LogP contribution in [0.3, 0.4) is 0 Å². The second kappa shape index (κ2) is 10.9. The average Bonchev–Trinajstić information content (AvgIpc) is 3.31. The fourth-order valence-corrected chi connectivity index (χ4v) is 4.81. The van der Waals surface area contributed by atoms with Crippen LogP contribution in [0.25, 0.3) is 0 Å². The molecule has 0 bridgehead atoms. The molecule has 31 heavy (non-hydrogen) atoms. The summed E-state index contributed by atoms with van der Waals surface area (Å²) in [6.07, 6.45) is 3.83. The van der Waals surface area contributed by atoms with Crippen molar-refractivity contribution in [2.75, 3.05) is 11.3 Å². The smallest absolute Gasteiger partial charge is 0.271 e. The highest BCUT2D eigenvalue weighted by Gasteiger charge is 2.15. The molecule has 9 heteroatoms. The van der Waals surface area contributed by atoms with Crippen LogP contribution in [-0.4, -0.2) is 25.9 Å². The van der Waals surface area contributed by atoms with Crippen LogP contribution in [0, 0.1) is 0 Å². The number of hydrogen-bond acceptors (Lipinski definition) is 6. The Kier molecular flexibility index (Phi) is 8.02. The molecule has 0 aliphatic heterocycles. The van der Waals surface area contributed by atoms with Gasteiger partial charge in [-0.05, 0) is 41.6 Å². The van der Waals surface area contributed by atoms with Crippen molar-refractivity contribution in [2.45, 2.75) is 36.9 Å². The summed E-state index contributed by atoms with van der Waals surface area (Å²) in [5, 5.41) is 4.59. The molecule has 0 atom stereocenters. The first-order valence-corrected chi connectivity index (χ1v) is 12.3. The summed E-state index contributed by atoms with van der Waals surface area (Å²) in [4.78, 5) is 16.6. The fraction of sp³-hybridized carbons (Fsp3) is 0.273. The van der Waals surface area contributed by atoms with Crippen LogP contribution in [0.1, 0.15) is 30.9 Å². The summed E-state index contributed by atoms with van der Waals surface area (Å²) in [5.41, 5.74) is 2.05. The molecule has 2 heterocycles. The first-order valence-electron chi connectivity index (χ1n) is 9.96. The molecule has 0 fully saturated rings. The van der Waals surface area contributed by atoms with Crippen LogP contribution in [0.2, 0.25) is 0 Å². The van der Waals surface area contributed by atoms with E-state index in [4.69, 9.17) is 4.74 Å². The number of carbonyl (C=O) groups excluding carboxylic acids is 1. The van der Waals surface area contributed by atoms with E-state index in [1.807, 2.05) is 12.1 Å². The van der Waals surface area contributed by atoms with Gasteiger partial charge < -0.3 is 10.1 Å². The quantitative estimate of drug-likeness (QED) is 0.423. The number of pyridine rings is 1. The SMILES string of the molecule is CCCCOc1ncccc1CNC(=O)Cc1ccc(NS(=O)(=O)c2cccs2)cc1. The molecule has 2 aromatic heterocycles. The Balaban J connectivity index is 1.52. The zero-order valence-electron chi connectivity index (χ0n) is 17.2. The number of sulfonamides is 1. The van der Waals surface area contributed by atoms with E-state index in [1.54, 1.807) is 48.0 Å². The number of rotatable bonds is 11. The number of carbonyl (C=O) groups is 1. The summed E-state index contributed by atoms with van der Waals surface area (Å²) in [7, 11) is -3.59. The highest BCUT2D eigenvalue weighted by Crippen LogP contribution is 2.20. The van der Waals surface area contributed by atoms with Gasteiger partial charge in [0.25, 0.3) is 10.0 Å². The van der Waals surface area contributed by atoms with E-state index in [2.05, 4.69) is 21.9 Å². The van der Waals surface area contributed by atoms with Crippen molar-refractivity contribution < 1.29 is 17.9 Å². The van der Waals surface area contributed by atoms with Gasteiger partial charge in [-0.15, -0.1) is 11.3 Å². The molecular weight excluding hydrogens is 434 g/mol. The van der Waals surface area contributed by atoms with Gasteiger partial charge in [0.15, 0.2) is 0 Å². The predicted molar refractivity (Wildman–Crippen MR) is 122 cm³/mol. The molecule has 0 radical (unpaired) electrons. The lowest BCUT2D eigenvalue weighted by molar-refractivity contribution is -0.120. The van der Waals surface area contributed by atoms with Gasteiger partial charge in [-0.3, -0.25) is 9.52 Å². The van der Waals surface area contributed by atoms with E-state index in [0.29, 0.717) is 24.7 Å². The first kappa shape index (κ1) is 22.8. The van der Waals surface area contributed by atoms with Crippen molar-refractivity contribution in [1.29, 1.82) is 0 Å². The minimum absolute atomic E-state index is 0.143. The molecule has 7 nitrogen and oxygen atoms in total. The zero-order valence-corrected chi connectivity index (χ0v) is 18.8. The van der Waals surface area contributed by atoms with E-state index < -0.39 is 10.0 Å². The Morgan fingerprint density at radius 2 is 1.94 bits per heavy atom. The second-order valence-corrected chi connectivity index (χ2v) is 9.71. The lowest BCUT2D eigenvalue weighted by Gasteiger charge is -2.11. The number of unbranched alkanes of at least 4 members (excludes halogenated alkanes) is 1. The van der Waals surface area contributed by atoms with Gasteiger partial charge in [0.05, 0.1) is 13.0 Å². The lowest BCUT2D eigenvalue weighted by atomic mass is 10.1. The van der Waals surface area contributed by atoms with Gasteiger partial charge in [-0.1, -0.05) is 37.6 Å². The fourth-order valence-electron chi connectivity index (χ4n) is 2.76. The van der Waals surface area contributed by atoms with Gasteiger partial charge in [-0.25, -0.2) is 13.4 Å². The van der Waals surface area contributed by atoms with Gasteiger partial charge in [0.2, 0.25) is 11.8 Å². The zero-order chi connectivity index (χ0) is 22.1. The second-order valence-electron chi connectivity index (χ2n) is 6.86. The number of thiophene rings is 1. The van der Waals surface area contributed by atoms with Crippen molar-refractivity contribution in [3.63, 3.8) is 0 Å². The molecule has 1 amide bonds. The average molecular weight is 460 g/mol. The van der Waals surface area contributed by atoms with Crippen LogP contribution in [0.5, 0.6) is 5.88 Å². The minimum atomic E-state index is -3.59. The molecule has 2 N–H and O–H groups in total. The largest absolute Gasteiger partial charge is 0.477 e. The van der Waals surface area contributed by atoms with E-state index >= 15 is 0 Å². The normalized spacial score (nSPS) is 11.1. The number of anilines is 1. The summed E-state index contributed by atoms with van der Waals surface area (Å²) in [6.45, 7) is 3.01. The van der Waals surface area contributed by atoms with Crippen LogP contribution >= 0.6 is 11.3 Å². The Labute approximate surface area is 186 Å². The Bertz CT molecular complexity index is 1080. The number of hydrogen-bond donors (Lipinski definition) is 2. The Morgan fingerprint density at radius 1 is 1.13 bits per heavy atom. The number of benzene rings is 1. The highest BCUT2D eigenvalue weighted by atomic mass is 32.2. The number of amides is 1. The maximum absolute atomic E-state index is 12.3. The molecule has 164 valence electrons. The molecule has 0 saturated carbocycles. The van der Waals surface area contributed by atoms with Crippen LogP contribution in [0.15, 0.2) is 64.3 Å². The molecule has 0 aliphatic carbocycles. The third-order valence-electron chi connectivity index (χ3n) is 4.39. The monoisotopic (exact) mass is 459 g/mol. The number of nitrogens with zero attached hydrogens (tertiary/aromatic N) is 1. The summed E-state index contributed by atoms with van der Waals surface area (Å²) in [5.74, 6) is 0.397. The molecule has 0 unspecified atom stereocenters. The molecule has 3 aromatic rings. The summed E-state index contributed by atoms with van der Waals surface area (Å²) in [6, 6.07) is 13.7. The van der Waals surface area contributed by atoms with Gasteiger partial charge in [0, 0.05) is 24.0 Å². The van der Waals surface area contributed by atoms with E-state index in [9.17, 15) is 13.2 Å². The van der Waals surface area contributed by atoms with Crippen LogP contribution in [0.4, 0.5) is 5.69 Å². The maximum atomic E-state index is 12.3. The third-order valence-corrected chi connectivity index (χ3v) is 7.17.